The molecule has 1 amide bonds. The van der Waals surface area contributed by atoms with Crippen molar-refractivity contribution < 1.29 is 18.5 Å². The van der Waals surface area contributed by atoms with Gasteiger partial charge in [0.2, 0.25) is 5.91 Å². The number of hydrogen-bond donors (Lipinski definition) is 1. The van der Waals surface area contributed by atoms with Crippen molar-refractivity contribution in [2.75, 3.05) is 18.6 Å². The smallest absolute Gasteiger partial charge is 0.309 e. The van der Waals surface area contributed by atoms with E-state index >= 15 is 0 Å². The van der Waals surface area contributed by atoms with Crippen molar-refractivity contribution in [1.29, 1.82) is 0 Å². The van der Waals surface area contributed by atoms with E-state index in [1.165, 1.54) is 7.11 Å². The lowest BCUT2D eigenvalue weighted by molar-refractivity contribution is -0.144. The van der Waals surface area contributed by atoms with Crippen LogP contribution in [0, 0.1) is 5.92 Å². The Balaban J connectivity index is 4.11. The second-order valence-corrected chi connectivity index (χ2v) is 6.47. The van der Waals surface area contributed by atoms with Gasteiger partial charge in [0.1, 0.15) is 5.75 Å². The van der Waals surface area contributed by atoms with Gasteiger partial charge in [-0.1, -0.05) is 6.92 Å². The van der Waals surface area contributed by atoms with Crippen molar-refractivity contribution in [3.8, 4) is 0 Å². The number of methoxy groups -OCH3 is 1. The first-order valence-electron chi connectivity index (χ1n) is 5.39. The van der Waals surface area contributed by atoms with E-state index in [-0.39, 0.29) is 23.0 Å². The third-order valence-corrected chi connectivity index (χ3v) is 3.30. The molecule has 0 fully saturated rings. The van der Waals surface area contributed by atoms with Crippen molar-refractivity contribution in [3.63, 3.8) is 0 Å². The van der Waals surface area contributed by atoms with Crippen molar-refractivity contribution in [2.24, 2.45) is 5.92 Å². The molecule has 2 atom stereocenters. The van der Waals surface area contributed by atoms with E-state index in [2.05, 4.69) is 10.1 Å². The molecule has 0 aliphatic rings. The summed E-state index contributed by atoms with van der Waals surface area (Å²) in [7, 11) is -0.0642. The molecule has 1 N–H and O–H groups in total. The zero-order valence-corrected chi connectivity index (χ0v) is 11.8. The van der Waals surface area contributed by atoms with E-state index in [0.717, 1.165) is 0 Å². The summed E-state index contributed by atoms with van der Waals surface area (Å²) < 4.78 is 16.1. The second kappa shape index (κ2) is 6.74. The third kappa shape index (κ3) is 7.90. The first-order chi connectivity index (χ1) is 7.65. The summed E-state index contributed by atoms with van der Waals surface area (Å²) in [6, 6.07) is 0. The second-order valence-electron chi connectivity index (χ2n) is 4.97. The monoisotopic (exact) mass is 263 g/mol. The molecule has 0 aromatic heterocycles. The van der Waals surface area contributed by atoms with Crippen LogP contribution in [0.3, 0.4) is 0 Å². The third-order valence-electron chi connectivity index (χ3n) is 1.85. The maximum Gasteiger partial charge on any atom is 0.309 e. The minimum absolute atomic E-state index is 0.0847. The van der Waals surface area contributed by atoms with Crippen molar-refractivity contribution in [1.82, 2.24) is 5.32 Å². The zero-order chi connectivity index (χ0) is 13.6. The average Bonchev–Trinajstić information content (AvgIpc) is 2.12. The Morgan fingerprint density at radius 1 is 1.35 bits per heavy atom. The number of nitrogens with one attached hydrogen (secondary N) is 1. The highest BCUT2D eigenvalue weighted by Gasteiger charge is 2.20. The number of amides is 1. The van der Waals surface area contributed by atoms with Crippen LogP contribution < -0.4 is 5.32 Å². The minimum Gasteiger partial charge on any atom is -0.469 e. The van der Waals surface area contributed by atoms with Crippen molar-refractivity contribution >= 4 is 22.7 Å². The molecule has 0 aliphatic heterocycles. The number of esters is 1. The van der Waals surface area contributed by atoms with Gasteiger partial charge in [-0.25, -0.2) is 0 Å². The number of carbonyl (C=O) groups is 2. The van der Waals surface area contributed by atoms with Crippen molar-refractivity contribution in [2.45, 2.75) is 33.2 Å². The number of carbonyl (C=O) groups excluding carboxylic acids is 2. The summed E-state index contributed by atoms with van der Waals surface area (Å²) in [5, 5.41) is 2.72. The lowest BCUT2D eigenvalue weighted by Crippen LogP contribution is -2.43. The fraction of sp³-hybridized carbons (Fsp3) is 0.818. The van der Waals surface area contributed by atoms with E-state index in [0.29, 0.717) is 0 Å². The van der Waals surface area contributed by atoms with Crippen LogP contribution in [0.4, 0.5) is 0 Å². The van der Waals surface area contributed by atoms with Gasteiger partial charge in [-0.3, -0.25) is 13.8 Å². The Morgan fingerprint density at radius 2 is 1.88 bits per heavy atom. The SMILES string of the molecule is COC(=O)C(C)CS(=O)CC(=O)NC(C)(C)C. The Kier molecular flexibility index (Phi) is 6.37. The van der Waals surface area contributed by atoms with Gasteiger partial charge in [0, 0.05) is 22.1 Å². The summed E-state index contributed by atoms with van der Waals surface area (Å²) in [4.78, 5) is 22.6. The molecule has 0 radical (unpaired) electrons. The predicted octanol–water partition coefficient (Wildman–Crippen LogP) is 0.459. The fourth-order valence-electron chi connectivity index (χ4n) is 1.21. The highest BCUT2D eigenvalue weighted by atomic mass is 32.2. The van der Waals surface area contributed by atoms with Gasteiger partial charge in [-0.15, -0.1) is 0 Å². The number of ether oxygens (including phenoxy) is 1. The first kappa shape index (κ1) is 16.1. The van der Waals surface area contributed by atoms with Gasteiger partial charge in [0.05, 0.1) is 13.0 Å². The molecule has 17 heavy (non-hydrogen) atoms. The van der Waals surface area contributed by atoms with E-state index in [1.807, 2.05) is 20.8 Å². The standard InChI is InChI=1S/C11H21NO4S/c1-8(10(14)16-5)6-17(15)7-9(13)12-11(2,3)4/h8H,6-7H2,1-5H3,(H,12,13). The molecule has 2 unspecified atom stereocenters. The van der Waals surface area contributed by atoms with Crippen LogP contribution in [0.2, 0.25) is 0 Å². The summed E-state index contributed by atoms with van der Waals surface area (Å²) in [6.07, 6.45) is 0. The lowest BCUT2D eigenvalue weighted by atomic mass is 10.1. The van der Waals surface area contributed by atoms with Gasteiger partial charge in [-0.2, -0.15) is 0 Å². The van der Waals surface area contributed by atoms with Crippen LogP contribution in [-0.4, -0.2) is 40.2 Å². The molecule has 0 spiro atoms. The van der Waals surface area contributed by atoms with E-state index in [9.17, 15) is 13.8 Å². The van der Waals surface area contributed by atoms with Crippen LogP contribution in [0.25, 0.3) is 0 Å². The number of rotatable bonds is 5. The summed E-state index contributed by atoms with van der Waals surface area (Å²) in [5.74, 6) is -1.08. The molecule has 0 saturated carbocycles. The van der Waals surface area contributed by atoms with E-state index in [4.69, 9.17) is 0 Å². The Morgan fingerprint density at radius 3 is 2.29 bits per heavy atom. The van der Waals surface area contributed by atoms with Gasteiger partial charge in [-0.05, 0) is 20.8 Å². The maximum atomic E-state index is 11.6. The normalized spacial score (nSPS) is 14.9. The molecule has 0 bridgehead atoms. The van der Waals surface area contributed by atoms with E-state index < -0.39 is 22.7 Å². The van der Waals surface area contributed by atoms with Crippen molar-refractivity contribution in [3.05, 3.63) is 0 Å². The Labute approximate surface area is 105 Å². The summed E-state index contributed by atoms with van der Waals surface area (Å²) >= 11 is 0. The highest BCUT2D eigenvalue weighted by molar-refractivity contribution is 7.85. The topological polar surface area (TPSA) is 72.5 Å². The predicted molar refractivity (Wildman–Crippen MR) is 67.0 cm³/mol. The molecule has 0 rings (SSSR count). The van der Waals surface area contributed by atoms with Gasteiger partial charge in [0.25, 0.3) is 0 Å². The zero-order valence-electron chi connectivity index (χ0n) is 11.0. The molecule has 0 heterocycles. The average molecular weight is 263 g/mol. The maximum absolute atomic E-state index is 11.6. The summed E-state index contributed by atoms with van der Waals surface area (Å²) in [6.45, 7) is 7.19. The fourth-order valence-corrected chi connectivity index (χ4v) is 2.38. The molecule has 6 heteroatoms. The van der Waals surface area contributed by atoms with Crippen LogP contribution in [0.5, 0.6) is 0 Å². The molecule has 0 aromatic rings. The van der Waals surface area contributed by atoms with Gasteiger partial charge < -0.3 is 10.1 Å². The highest BCUT2D eigenvalue weighted by Crippen LogP contribution is 2.02. The molecule has 0 aromatic carbocycles. The van der Waals surface area contributed by atoms with Gasteiger partial charge in [0.15, 0.2) is 0 Å². The molecular weight excluding hydrogens is 242 g/mol. The van der Waals surface area contributed by atoms with E-state index in [1.54, 1.807) is 6.92 Å². The Hall–Kier alpha value is -0.910. The largest absolute Gasteiger partial charge is 0.469 e. The first-order valence-corrected chi connectivity index (χ1v) is 6.88. The molecule has 0 saturated heterocycles. The quantitative estimate of drug-likeness (QED) is 0.731. The van der Waals surface area contributed by atoms with Crippen LogP contribution in [-0.2, 0) is 25.1 Å². The Bertz CT molecular complexity index is 309. The molecule has 100 valence electrons. The van der Waals surface area contributed by atoms with Crippen LogP contribution in [0.1, 0.15) is 27.7 Å². The molecule has 5 nitrogen and oxygen atoms in total. The molecule has 0 aliphatic carbocycles. The summed E-state index contributed by atoms with van der Waals surface area (Å²) in [5.41, 5.74) is -0.338. The number of hydrogen-bond acceptors (Lipinski definition) is 4. The van der Waals surface area contributed by atoms with Crippen LogP contribution >= 0.6 is 0 Å². The van der Waals surface area contributed by atoms with Gasteiger partial charge >= 0.3 is 5.97 Å². The molecular formula is C11H21NO4S. The van der Waals surface area contributed by atoms with Crippen LogP contribution in [0.15, 0.2) is 0 Å². The minimum atomic E-state index is -1.35. The lowest BCUT2D eigenvalue weighted by Gasteiger charge is -2.20.